The summed E-state index contributed by atoms with van der Waals surface area (Å²) in [6, 6.07) is 5.72. The van der Waals surface area contributed by atoms with Crippen LogP contribution < -0.4 is 0 Å². The van der Waals surface area contributed by atoms with Gasteiger partial charge in [-0.2, -0.15) is 0 Å². The van der Waals surface area contributed by atoms with Gasteiger partial charge < -0.3 is 14.5 Å². The predicted molar refractivity (Wildman–Crippen MR) is 70.1 cm³/mol. The van der Waals surface area contributed by atoms with Gasteiger partial charge in [0.2, 0.25) is 0 Å². The largest absolute Gasteiger partial charge is 0.443 e. The molecule has 3 aromatic rings. The van der Waals surface area contributed by atoms with Gasteiger partial charge in [-0.1, -0.05) is 6.07 Å². The van der Waals surface area contributed by atoms with E-state index in [4.69, 9.17) is 9.52 Å². The van der Waals surface area contributed by atoms with Crippen LogP contribution in [0.5, 0.6) is 0 Å². The Morgan fingerprint density at radius 1 is 1.39 bits per heavy atom. The lowest BCUT2D eigenvalue weighted by Gasteiger charge is -1.96. The molecule has 0 saturated heterocycles. The van der Waals surface area contributed by atoms with Crippen molar-refractivity contribution in [3.63, 3.8) is 0 Å². The van der Waals surface area contributed by atoms with Gasteiger partial charge in [-0.3, -0.25) is 0 Å². The van der Waals surface area contributed by atoms with Crippen molar-refractivity contribution < 1.29 is 9.52 Å². The van der Waals surface area contributed by atoms with E-state index in [0.29, 0.717) is 6.42 Å². The van der Waals surface area contributed by atoms with E-state index < -0.39 is 0 Å². The average Bonchev–Trinajstić information content (AvgIpc) is 2.95. The van der Waals surface area contributed by atoms with Crippen molar-refractivity contribution in [1.29, 1.82) is 0 Å². The highest BCUT2D eigenvalue weighted by molar-refractivity contribution is 9.10. The number of nitrogens with one attached hydrogen (secondary N) is 1. The first-order valence-electron chi connectivity index (χ1n) is 5.47. The highest BCUT2D eigenvalue weighted by Crippen LogP contribution is 2.28. The molecule has 0 spiro atoms. The van der Waals surface area contributed by atoms with Crippen LogP contribution in [0.15, 0.2) is 33.6 Å². The molecule has 2 aromatic heterocycles. The second-order valence-corrected chi connectivity index (χ2v) is 4.65. The number of aliphatic hydroxyl groups excluding tert-OH is 1. The molecule has 2 heterocycles. The molecule has 0 atom stereocenters. The summed E-state index contributed by atoms with van der Waals surface area (Å²) in [6.45, 7) is 0.0700. The number of oxazole rings is 1. The first kappa shape index (κ1) is 11.4. The van der Waals surface area contributed by atoms with Crippen molar-refractivity contribution in [2.75, 3.05) is 6.61 Å². The zero-order chi connectivity index (χ0) is 12.5. The molecule has 0 bridgehead atoms. The molecule has 0 saturated carbocycles. The Bertz CT molecular complexity index is 690. The van der Waals surface area contributed by atoms with Crippen LogP contribution in [0.25, 0.3) is 22.4 Å². The molecule has 0 aliphatic carbocycles. The van der Waals surface area contributed by atoms with E-state index in [9.17, 15) is 0 Å². The van der Waals surface area contributed by atoms with Crippen LogP contribution in [0.2, 0.25) is 0 Å². The highest BCUT2D eigenvalue weighted by atomic mass is 79.9. The van der Waals surface area contributed by atoms with Gasteiger partial charge >= 0.3 is 0 Å². The van der Waals surface area contributed by atoms with Crippen molar-refractivity contribution >= 4 is 27.0 Å². The van der Waals surface area contributed by atoms with Crippen LogP contribution in [-0.4, -0.2) is 26.7 Å². The molecule has 6 heteroatoms. The Morgan fingerprint density at radius 3 is 3.11 bits per heavy atom. The second kappa shape index (κ2) is 4.55. The SMILES string of the molecule is OCCc1nc(-c2ccc3ncoc3c2)c(Br)[nH]1. The smallest absolute Gasteiger partial charge is 0.181 e. The summed E-state index contributed by atoms with van der Waals surface area (Å²) in [5.41, 5.74) is 3.29. The van der Waals surface area contributed by atoms with E-state index in [2.05, 4.69) is 30.9 Å². The summed E-state index contributed by atoms with van der Waals surface area (Å²) in [4.78, 5) is 11.6. The number of aromatic nitrogens is 3. The number of H-pyrrole nitrogens is 1. The Labute approximate surface area is 111 Å². The fraction of sp³-hybridized carbons (Fsp3) is 0.167. The van der Waals surface area contributed by atoms with Gasteiger partial charge in [-0.05, 0) is 28.1 Å². The third-order valence-electron chi connectivity index (χ3n) is 2.66. The van der Waals surface area contributed by atoms with Crippen LogP contribution in [0.1, 0.15) is 5.82 Å². The van der Waals surface area contributed by atoms with E-state index in [0.717, 1.165) is 32.8 Å². The lowest BCUT2D eigenvalue weighted by Crippen LogP contribution is -1.92. The topological polar surface area (TPSA) is 74.9 Å². The molecule has 0 aliphatic heterocycles. The number of nitrogens with zero attached hydrogens (tertiary/aromatic N) is 2. The zero-order valence-electron chi connectivity index (χ0n) is 9.35. The maximum absolute atomic E-state index is 8.91. The van der Waals surface area contributed by atoms with Crippen molar-refractivity contribution in [3.8, 4) is 11.3 Å². The fourth-order valence-corrected chi connectivity index (χ4v) is 2.36. The molecule has 0 radical (unpaired) electrons. The number of hydrogen-bond donors (Lipinski definition) is 2. The minimum absolute atomic E-state index is 0.0700. The first-order chi connectivity index (χ1) is 8.78. The Balaban J connectivity index is 2.07. The number of halogens is 1. The average molecular weight is 308 g/mol. The maximum Gasteiger partial charge on any atom is 0.181 e. The molecule has 0 fully saturated rings. The monoisotopic (exact) mass is 307 g/mol. The lowest BCUT2D eigenvalue weighted by molar-refractivity contribution is 0.297. The summed E-state index contributed by atoms with van der Waals surface area (Å²) in [5, 5.41) is 8.91. The molecule has 2 N–H and O–H groups in total. The van der Waals surface area contributed by atoms with E-state index in [1.165, 1.54) is 6.39 Å². The van der Waals surface area contributed by atoms with Gasteiger partial charge in [0.25, 0.3) is 0 Å². The van der Waals surface area contributed by atoms with Crippen LogP contribution in [0.3, 0.4) is 0 Å². The molecule has 0 aliphatic rings. The van der Waals surface area contributed by atoms with E-state index in [1.807, 2.05) is 18.2 Å². The number of aliphatic hydroxyl groups is 1. The van der Waals surface area contributed by atoms with Gasteiger partial charge in [0, 0.05) is 12.0 Å². The van der Waals surface area contributed by atoms with Gasteiger partial charge in [-0.15, -0.1) is 0 Å². The predicted octanol–water partition coefficient (Wildman–Crippen LogP) is 2.52. The van der Waals surface area contributed by atoms with Crippen LogP contribution in [0, 0.1) is 0 Å². The molecule has 5 nitrogen and oxygen atoms in total. The molecule has 0 amide bonds. The number of benzene rings is 1. The molecule has 3 rings (SSSR count). The number of hydrogen-bond acceptors (Lipinski definition) is 4. The molecule has 18 heavy (non-hydrogen) atoms. The van der Waals surface area contributed by atoms with Crippen molar-refractivity contribution in [2.45, 2.75) is 6.42 Å². The third kappa shape index (κ3) is 1.93. The van der Waals surface area contributed by atoms with Gasteiger partial charge in [-0.25, -0.2) is 9.97 Å². The van der Waals surface area contributed by atoms with Crippen LogP contribution in [0.4, 0.5) is 0 Å². The normalized spacial score (nSPS) is 11.2. The quantitative estimate of drug-likeness (QED) is 0.779. The van der Waals surface area contributed by atoms with Crippen molar-refractivity contribution in [1.82, 2.24) is 15.0 Å². The maximum atomic E-state index is 8.91. The van der Waals surface area contributed by atoms with Crippen molar-refractivity contribution in [3.05, 3.63) is 35.0 Å². The Kier molecular flexibility index (Phi) is 2.89. The summed E-state index contributed by atoms with van der Waals surface area (Å²) in [6.07, 6.45) is 1.92. The standard InChI is InChI=1S/C12H10BrN3O2/c13-12-11(15-10(16-12)3-4-17)7-1-2-8-9(5-7)18-6-14-8/h1-2,5-6,17H,3-4H2,(H,15,16). The first-order valence-corrected chi connectivity index (χ1v) is 6.26. The van der Waals surface area contributed by atoms with Gasteiger partial charge in [0.1, 0.15) is 21.6 Å². The third-order valence-corrected chi connectivity index (χ3v) is 3.24. The van der Waals surface area contributed by atoms with E-state index in [1.54, 1.807) is 0 Å². The molecular weight excluding hydrogens is 298 g/mol. The summed E-state index contributed by atoms with van der Waals surface area (Å²) in [7, 11) is 0. The highest BCUT2D eigenvalue weighted by Gasteiger charge is 2.11. The Morgan fingerprint density at radius 2 is 2.28 bits per heavy atom. The number of imidazole rings is 1. The van der Waals surface area contributed by atoms with E-state index >= 15 is 0 Å². The Hall–Kier alpha value is -1.66. The molecular formula is C12H10BrN3O2. The minimum atomic E-state index is 0.0700. The van der Waals surface area contributed by atoms with Crippen LogP contribution in [-0.2, 0) is 6.42 Å². The van der Waals surface area contributed by atoms with E-state index in [-0.39, 0.29) is 6.61 Å². The number of rotatable bonds is 3. The number of fused-ring (bicyclic) bond motifs is 1. The summed E-state index contributed by atoms with van der Waals surface area (Å²) in [5.74, 6) is 0.747. The van der Waals surface area contributed by atoms with Crippen molar-refractivity contribution in [2.24, 2.45) is 0 Å². The number of aromatic amines is 1. The van der Waals surface area contributed by atoms with Crippen LogP contribution >= 0.6 is 15.9 Å². The van der Waals surface area contributed by atoms with Gasteiger partial charge in [0.15, 0.2) is 12.0 Å². The zero-order valence-corrected chi connectivity index (χ0v) is 10.9. The molecule has 92 valence electrons. The van der Waals surface area contributed by atoms with Gasteiger partial charge in [0.05, 0.1) is 6.61 Å². The summed E-state index contributed by atoms with van der Waals surface area (Å²) < 4.78 is 6.07. The minimum Gasteiger partial charge on any atom is -0.443 e. The molecule has 0 unspecified atom stereocenters. The lowest BCUT2D eigenvalue weighted by atomic mass is 10.1. The second-order valence-electron chi connectivity index (χ2n) is 3.85. The molecule has 1 aromatic carbocycles. The summed E-state index contributed by atoms with van der Waals surface area (Å²) >= 11 is 3.43. The fourth-order valence-electron chi connectivity index (χ4n) is 1.82.